The van der Waals surface area contributed by atoms with Gasteiger partial charge in [-0.15, -0.1) is 0 Å². The topological polar surface area (TPSA) is 47.0 Å². The van der Waals surface area contributed by atoms with Crippen LogP contribution in [0.1, 0.15) is 30.9 Å². The molecule has 145 valence electrons. The minimum Gasteiger partial charge on any atom is -0.228 e. The van der Waals surface area contributed by atoms with Crippen molar-refractivity contribution in [3.63, 3.8) is 0 Å². The number of aryl methyl sites for hydroxylation is 1. The first-order valence-corrected chi connectivity index (χ1v) is 10.5. The van der Waals surface area contributed by atoms with Crippen LogP contribution >= 0.6 is 0 Å². The Morgan fingerprint density at radius 2 is 1.82 bits per heavy atom. The second kappa shape index (κ2) is 8.19. The lowest BCUT2D eigenvalue weighted by atomic mass is 10.0. The van der Waals surface area contributed by atoms with Crippen LogP contribution in [-0.2, 0) is 16.3 Å². The maximum absolute atomic E-state index is 14.5. The number of unbranched alkanes of at least 4 members (excludes halogenated alkanes) is 1. The lowest BCUT2D eigenvalue weighted by Gasteiger charge is -2.10. The van der Waals surface area contributed by atoms with Crippen molar-refractivity contribution in [1.82, 2.24) is 4.98 Å². The molecule has 1 heterocycles. The fraction of sp³-hybridized carbons (Fsp3) is 0.227. The van der Waals surface area contributed by atoms with Gasteiger partial charge in [0.05, 0.1) is 4.90 Å². The van der Waals surface area contributed by atoms with E-state index in [9.17, 15) is 17.2 Å². The molecule has 3 rings (SSSR count). The van der Waals surface area contributed by atoms with Gasteiger partial charge in [0.1, 0.15) is 10.7 Å². The summed E-state index contributed by atoms with van der Waals surface area (Å²) in [7, 11) is -4.02. The molecule has 0 unspecified atom stereocenters. The zero-order chi connectivity index (χ0) is 20.3. The molecule has 0 aliphatic heterocycles. The van der Waals surface area contributed by atoms with Crippen molar-refractivity contribution in [2.45, 2.75) is 42.9 Å². The third-order valence-corrected chi connectivity index (χ3v) is 6.42. The summed E-state index contributed by atoms with van der Waals surface area (Å²) in [5.74, 6) is -1.35. The van der Waals surface area contributed by atoms with Gasteiger partial charge in [0.25, 0.3) is 0 Å². The van der Waals surface area contributed by atoms with Crippen LogP contribution in [0.4, 0.5) is 8.78 Å². The van der Waals surface area contributed by atoms with Gasteiger partial charge in [-0.2, -0.15) is 4.39 Å². The molecule has 0 aliphatic carbocycles. The Balaban J connectivity index is 1.94. The average Bonchev–Trinajstić information content (AvgIpc) is 2.68. The molecular formula is C22H20F2NO2S. The number of nitrogens with zero attached hydrogens (tertiary/aromatic N) is 1. The van der Waals surface area contributed by atoms with Crippen LogP contribution < -0.4 is 0 Å². The van der Waals surface area contributed by atoms with Gasteiger partial charge in [0, 0.05) is 11.8 Å². The minimum absolute atomic E-state index is 0.0305. The molecule has 1 radical (unpaired) electrons. The first kappa shape index (κ1) is 20.1. The molecule has 0 bridgehead atoms. The molecule has 1 aromatic heterocycles. The van der Waals surface area contributed by atoms with E-state index >= 15 is 0 Å². The van der Waals surface area contributed by atoms with Gasteiger partial charge in [-0.05, 0) is 72.9 Å². The molecule has 0 saturated carbocycles. The minimum atomic E-state index is -4.02. The van der Waals surface area contributed by atoms with Crippen molar-refractivity contribution < 1.29 is 17.2 Å². The Morgan fingerprint density at radius 1 is 1.11 bits per heavy atom. The zero-order valence-corrected chi connectivity index (χ0v) is 16.5. The van der Waals surface area contributed by atoms with Crippen LogP contribution in [0.5, 0.6) is 0 Å². The molecule has 0 amide bonds. The Labute approximate surface area is 164 Å². The zero-order valence-electron chi connectivity index (χ0n) is 15.7. The smallest absolute Gasteiger partial charge is 0.216 e. The number of hydrogen-bond acceptors (Lipinski definition) is 3. The molecule has 3 nitrogen and oxygen atoms in total. The molecule has 0 saturated heterocycles. The molecule has 2 aromatic carbocycles. The van der Waals surface area contributed by atoms with Gasteiger partial charge in [0.2, 0.25) is 15.8 Å². The Kier molecular flexibility index (Phi) is 5.89. The number of pyridine rings is 1. The molecular weight excluding hydrogens is 380 g/mol. The average molecular weight is 400 g/mol. The van der Waals surface area contributed by atoms with Gasteiger partial charge in [0.15, 0.2) is 0 Å². The number of aromatic nitrogens is 1. The SMILES string of the molecule is CCCCc1[c]cc(S(=O)(=O)c2ccc(-c3ccnc(F)c3C)cc2)c(F)c1. The van der Waals surface area contributed by atoms with Crippen molar-refractivity contribution in [1.29, 1.82) is 0 Å². The lowest BCUT2D eigenvalue weighted by molar-refractivity contribution is 0.565. The second-order valence-corrected chi connectivity index (χ2v) is 8.49. The Hall–Kier alpha value is -2.60. The molecule has 6 heteroatoms. The van der Waals surface area contributed by atoms with E-state index in [1.807, 2.05) is 6.92 Å². The van der Waals surface area contributed by atoms with Gasteiger partial charge in [-0.3, -0.25) is 0 Å². The predicted molar refractivity (Wildman–Crippen MR) is 104 cm³/mol. The predicted octanol–water partition coefficient (Wildman–Crippen LogP) is 5.31. The maximum Gasteiger partial charge on any atom is 0.216 e. The molecule has 0 N–H and O–H groups in total. The quantitative estimate of drug-likeness (QED) is 0.527. The highest BCUT2D eigenvalue weighted by atomic mass is 32.2. The second-order valence-electron chi connectivity index (χ2n) is 6.58. The van der Waals surface area contributed by atoms with Crippen molar-refractivity contribution in [2.75, 3.05) is 0 Å². The number of hydrogen-bond donors (Lipinski definition) is 0. The van der Waals surface area contributed by atoms with E-state index in [0.717, 1.165) is 12.8 Å². The van der Waals surface area contributed by atoms with Crippen LogP contribution in [-0.4, -0.2) is 13.4 Å². The third-order valence-electron chi connectivity index (χ3n) is 4.63. The summed E-state index contributed by atoms with van der Waals surface area (Å²) in [5.41, 5.74) is 2.31. The highest BCUT2D eigenvalue weighted by Gasteiger charge is 2.22. The molecule has 0 fully saturated rings. The van der Waals surface area contributed by atoms with Gasteiger partial charge < -0.3 is 0 Å². The van der Waals surface area contributed by atoms with E-state index in [1.54, 1.807) is 25.1 Å². The first-order chi connectivity index (χ1) is 13.3. The van der Waals surface area contributed by atoms with Crippen molar-refractivity contribution in [3.8, 4) is 11.1 Å². The number of halogens is 2. The van der Waals surface area contributed by atoms with Crippen LogP contribution in [0.3, 0.4) is 0 Å². The van der Waals surface area contributed by atoms with Crippen LogP contribution in [0.25, 0.3) is 11.1 Å². The monoisotopic (exact) mass is 400 g/mol. The summed E-state index contributed by atoms with van der Waals surface area (Å²) in [6, 6.07) is 12.9. The van der Waals surface area contributed by atoms with Crippen LogP contribution in [0.15, 0.2) is 58.5 Å². The van der Waals surface area contributed by atoms with Crippen LogP contribution in [0, 0.1) is 24.8 Å². The molecule has 28 heavy (non-hydrogen) atoms. The number of rotatable bonds is 6. The fourth-order valence-corrected chi connectivity index (χ4v) is 4.25. The highest BCUT2D eigenvalue weighted by molar-refractivity contribution is 7.91. The molecule has 0 aliphatic rings. The number of sulfone groups is 1. The largest absolute Gasteiger partial charge is 0.228 e. The van der Waals surface area contributed by atoms with Crippen molar-refractivity contribution in [3.05, 3.63) is 77.6 Å². The van der Waals surface area contributed by atoms with Crippen molar-refractivity contribution >= 4 is 9.84 Å². The molecule has 0 spiro atoms. The van der Waals surface area contributed by atoms with E-state index in [4.69, 9.17) is 0 Å². The summed E-state index contributed by atoms with van der Waals surface area (Å²) in [5, 5.41) is 0. The summed E-state index contributed by atoms with van der Waals surface area (Å²) in [6.07, 6.45) is 3.86. The number of benzene rings is 2. The first-order valence-electron chi connectivity index (χ1n) is 9.01. The van der Waals surface area contributed by atoms with E-state index in [0.29, 0.717) is 28.7 Å². The highest BCUT2D eigenvalue weighted by Crippen LogP contribution is 2.28. The summed E-state index contributed by atoms with van der Waals surface area (Å²) in [6.45, 7) is 3.63. The van der Waals surface area contributed by atoms with Gasteiger partial charge >= 0.3 is 0 Å². The Bertz CT molecular complexity index is 1090. The van der Waals surface area contributed by atoms with Crippen LogP contribution in [0.2, 0.25) is 0 Å². The van der Waals surface area contributed by atoms with E-state index in [-0.39, 0.29) is 4.90 Å². The van der Waals surface area contributed by atoms with Gasteiger partial charge in [-0.25, -0.2) is 17.8 Å². The summed E-state index contributed by atoms with van der Waals surface area (Å²) < 4.78 is 53.7. The van der Waals surface area contributed by atoms with E-state index in [2.05, 4.69) is 11.1 Å². The summed E-state index contributed by atoms with van der Waals surface area (Å²) >= 11 is 0. The van der Waals surface area contributed by atoms with E-state index in [1.165, 1.54) is 30.5 Å². The van der Waals surface area contributed by atoms with Crippen molar-refractivity contribution in [2.24, 2.45) is 0 Å². The van der Waals surface area contributed by atoms with E-state index < -0.39 is 26.5 Å². The molecule has 0 atom stereocenters. The summed E-state index contributed by atoms with van der Waals surface area (Å²) in [4.78, 5) is 3.16. The third kappa shape index (κ3) is 3.97. The fourth-order valence-electron chi connectivity index (χ4n) is 2.97. The Morgan fingerprint density at radius 3 is 2.46 bits per heavy atom. The molecule has 3 aromatic rings. The standard InChI is InChI=1S/C22H20F2NO2S/c1-3-4-5-16-6-11-21(20(23)14-16)28(26,27)18-9-7-17(8-10-18)19-12-13-25-22(24)15(19)2/h7-14H,3-5H2,1-2H3. The lowest BCUT2D eigenvalue weighted by Crippen LogP contribution is -2.05. The van der Waals surface area contributed by atoms with Gasteiger partial charge in [-0.1, -0.05) is 25.5 Å². The normalized spacial score (nSPS) is 11.6. The maximum atomic E-state index is 14.5.